The fourth-order valence-electron chi connectivity index (χ4n) is 2.53. The highest BCUT2D eigenvalue weighted by atomic mass is 79.9. The van der Waals surface area contributed by atoms with Gasteiger partial charge in [0.05, 0.1) is 12.7 Å². The van der Waals surface area contributed by atoms with Crippen LogP contribution >= 0.6 is 15.9 Å². The first-order chi connectivity index (χ1) is 14.0. The van der Waals surface area contributed by atoms with Crippen molar-refractivity contribution < 1.29 is 23.5 Å². The molecule has 0 saturated carbocycles. The molecule has 0 radical (unpaired) electrons. The molecule has 0 fully saturated rings. The molecule has 1 heterocycles. The quantitative estimate of drug-likeness (QED) is 0.546. The number of ether oxygens (including phenoxy) is 1. The van der Waals surface area contributed by atoms with Crippen LogP contribution in [-0.2, 0) is 11.3 Å². The van der Waals surface area contributed by atoms with E-state index < -0.39 is 11.9 Å². The average Bonchev–Trinajstić information content (AvgIpc) is 3.18. The number of esters is 1. The standard InChI is InChI=1S/C21H17BrN2O5/c1-28-21(27)14-7-5-13(6-8-14)12-23-19(25)15-3-2-4-16(11-15)24-20(26)17-9-10-18(22)29-17/h2-11H,12H2,1H3,(H,23,25)(H,24,26). The van der Waals surface area contributed by atoms with Crippen LogP contribution in [0.25, 0.3) is 0 Å². The Hall–Kier alpha value is -3.39. The molecule has 0 aliphatic carbocycles. The van der Waals surface area contributed by atoms with Crippen molar-refractivity contribution in [3.63, 3.8) is 0 Å². The highest BCUT2D eigenvalue weighted by Crippen LogP contribution is 2.17. The molecule has 2 N–H and O–H groups in total. The molecule has 0 aliphatic heterocycles. The minimum absolute atomic E-state index is 0.155. The summed E-state index contributed by atoms with van der Waals surface area (Å²) in [4.78, 5) is 36.0. The monoisotopic (exact) mass is 456 g/mol. The molecule has 0 unspecified atom stereocenters. The lowest BCUT2D eigenvalue weighted by Gasteiger charge is -2.08. The molecular formula is C21H17BrN2O5. The third kappa shape index (κ3) is 5.32. The van der Waals surface area contributed by atoms with E-state index in [-0.39, 0.29) is 18.2 Å². The molecule has 2 aromatic carbocycles. The molecule has 0 spiro atoms. The first-order valence-corrected chi connectivity index (χ1v) is 9.38. The molecule has 8 heteroatoms. The van der Waals surface area contributed by atoms with Gasteiger partial charge in [-0.3, -0.25) is 9.59 Å². The summed E-state index contributed by atoms with van der Waals surface area (Å²) in [5.41, 5.74) is 2.14. The molecule has 0 atom stereocenters. The molecule has 0 saturated heterocycles. The second-order valence-electron chi connectivity index (χ2n) is 6.01. The van der Waals surface area contributed by atoms with Crippen LogP contribution in [0.5, 0.6) is 0 Å². The largest absolute Gasteiger partial charge is 0.465 e. The smallest absolute Gasteiger partial charge is 0.337 e. The van der Waals surface area contributed by atoms with Gasteiger partial charge in [-0.15, -0.1) is 0 Å². The Morgan fingerprint density at radius 3 is 2.38 bits per heavy atom. The lowest BCUT2D eigenvalue weighted by molar-refractivity contribution is 0.0600. The van der Waals surface area contributed by atoms with E-state index in [1.807, 2.05) is 0 Å². The van der Waals surface area contributed by atoms with E-state index in [0.29, 0.717) is 21.5 Å². The number of benzene rings is 2. The molecule has 29 heavy (non-hydrogen) atoms. The van der Waals surface area contributed by atoms with Gasteiger partial charge in [-0.2, -0.15) is 0 Å². The molecular weight excluding hydrogens is 440 g/mol. The minimum Gasteiger partial charge on any atom is -0.465 e. The number of nitrogens with one attached hydrogen (secondary N) is 2. The Morgan fingerprint density at radius 1 is 0.966 bits per heavy atom. The van der Waals surface area contributed by atoms with Gasteiger partial charge in [-0.05, 0) is 64.0 Å². The topological polar surface area (TPSA) is 97.6 Å². The van der Waals surface area contributed by atoms with Crippen molar-refractivity contribution in [3.8, 4) is 0 Å². The number of methoxy groups -OCH3 is 1. The molecule has 3 aromatic rings. The Bertz CT molecular complexity index is 1040. The first-order valence-electron chi connectivity index (χ1n) is 8.58. The normalized spacial score (nSPS) is 10.3. The number of rotatable bonds is 6. The van der Waals surface area contributed by atoms with Crippen LogP contribution in [0.1, 0.15) is 36.8 Å². The average molecular weight is 457 g/mol. The molecule has 0 aliphatic rings. The number of anilines is 1. The summed E-state index contributed by atoms with van der Waals surface area (Å²) in [5, 5.41) is 5.49. The summed E-state index contributed by atoms with van der Waals surface area (Å²) in [6, 6.07) is 16.5. The second-order valence-corrected chi connectivity index (χ2v) is 6.79. The van der Waals surface area contributed by atoms with Gasteiger partial charge in [0.1, 0.15) is 0 Å². The molecule has 148 valence electrons. The Kier molecular flexibility index (Phi) is 6.46. The van der Waals surface area contributed by atoms with Crippen LogP contribution in [0.3, 0.4) is 0 Å². The zero-order chi connectivity index (χ0) is 20.8. The predicted molar refractivity (Wildman–Crippen MR) is 110 cm³/mol. The molecule has 3 rings (SSSR count). The SMILES string of the molecule is COC(=O)c1ccc(CNC(=O)c2cccc(NC(=O)c3ccc(Br)o3)c2)cc1. The first kappa shape index (κ1) is 20.3. The van der Waals surface area contributed by atoms with Gasteiger partial charge in [0.2, 0.25) is 0 Å². The zero-order valence-electron chi connectivity index (χ0n) is 15.4. The van der Waals surface area contributed by atoms with Crippen LogP contribution < -0.4 is 10.6 Å². The van der Waals surface area contributed by atoms with E-state index in [0.717, 1.165) is 5.56 Å². The number of hydrogen-bond acceptors (Lipinski definition) is 5. The van der Waals surface area contributed by atoms with E-state index in [4.69, 9.17) is 4.42 Å². The minimum atomic E-state index is -0.418. The fourth-order valence-corrected chi connectivity index (χ4v) is 2.83. The molecule has 7 nitrogen and oxygen atoms in total. The number of hydrogen-bond donors (Lipinski definition) is 2. The van der Waals surface area contributed by atoms with Crippen LogP contribution in [0.2, 0.25) is 0 Å². The van der Waals surface area contributed by atoms with E-state index in [1.54, 1.807) is 60.7 Å². The maximum Gasteiger partial charge on any atom is 0.337 e. The van der Waals surface area contributed by atoms with Crippen molar-refractivity contribution >= 4 is 39.4 Å². The van der Waals surface area contributed by atoms with Crippen molar-refractivity contribution in [2.24, 2.45) is 0 Å². The predicted octanol–water partition coefficient (Wildman–Crippen LogP) is 4.01. The van der Waals surface area contributed by atoms with Gasteiger partial charge in [0, 0.05) is 17.8 Å². The summed E-state index contributed by atoms with van der Waals surface area (Å²) in [6.07, 6.45) is 0. The van der Waals surface area contributed by atoms with Gasteiger partial charge in [0.25, 0.3) is 11.8 Å². The van der Waals surface area contributed by atoms with Crippen molar-refractivity contribution in [3.05, 3.63) is 87.8 Å². The third-order valence-electron chi connectivity index (χ3n) is 4.01. The van der Waals surface area contributed by atoms with Gasteiger partial charge < -0.3 is 19.8 Å². The summed E-state index contributed by atoms with van der Waals surface area (Å²) in [7, 11) is 1.32. The van der Waals surface area contributed by atoms with Crippen molar-refractivity contribution in [2.75, 3.05) is 12.4 Å². The summed E-state index contributed by atoms with van der Waals surface area (Å²) >= 11 is 3.15. The van der Waals surface area contributed by atoms with Gasteiger partial charge in [0.15, 0.2) is 10.4 Å². The number of carbonyl (C=O) groups excluding carboxylic acids is 3. The molecule has 0 bridgehead atoms. The number of halogens is 1. The van der Waals surface area contributed by atoms with E-state index in [1.165, 1.54) is 7.11 Å². The highest BCUT2D eigenvalue weighted by molar-refractivity contribution is 9.10. The summed E-state index contributed by atoms with van der Waals surface area (Å²) in [5.74, 6) is -0.971. The number of furan rings is 1. The van der Waals surface area contributed by atoms with Gasteiger partial charge in [-0.1, -0.05) is 18.2 Å². The lowest BCUT2D eigenvalue weighted by Crippen LogP contribution is -2.23. The van der Waals surface area contributed by atoms with E-state index in [2.05, 4.69) is 31.3 Å². The fraction of sp³-hybridized carbons (Fsp3) is 0.0952. The van der Waals surface area contributed by atoms with Gasteiger partial charge in [-0.25, -0.2) is 4.79 Å². The van der Waals surface area contributed by atoms with E-state index >= 15 is 0 Å². The van der Waals surface area contributed by atoms with Crippen molar-refractivity contribution in [1.29, 1.82) is 0 Å². The Morgan fingerprint density at radius 2 is 1.72 bits per heavy atom. The number of carbonyl (C=O) groups is 3. The zero-order valence-corrected chi connectivity index (χ0v) is 17.0. The van der Waals surface area contributed by atoms with Crippen LogP contribution in [-0.4, -0.2) is 24.9 Å². The second kappa shape index (κ2) is 9.20. The highest BCUT2D eigenvalue weighted by Gasteiger charge is 2.12. The number of amides is 2. The summed E-state index contributed by atoms with van der Waals surface area (Å²) in [6.45, 7) is 0.289. The van der Waals surface area contributed by atoms with Crippen LogP contribution in [0.15, 0.2) is 69.8 Å². The van der Waals surface area contributed by atoms with Crippen LogP contribution in [0, 0.1) is 0 Å². The van der Waals surface area contributed by atoms with Crippen molar-refractivity contribution in [1.82, 2.24) is 5.32 Å². The third-order valence-corrected chi connectivity index (χ3v) is 4.43. The Balaban J connectivity index is 1.60. The van der Waals surface area contributed by atoms with Crippen LogP contribution in [0.4, 0.5) is 5.69 Å². The maximum absolute atomic E-state index is 12.4. The van der Waals surface area contributed by atoms with E-state index in [9.17, 15) is 14.4 Å². The Labute approximate surface area is 175 Å². The maximum atomic E-state index is 12.4. The molecule has 1 aromatic heterocycles. The molecule has 2 amide bonds. The lowest BCUT2D eigenvalue weighted by atomic mass is 10.1. The van der Waals surface area contributed by atoms with Crippen molar-refractivity contribution in [2.45, 2.75) is 6.54 Å². The summed E-state index contributed by atoms with van der Waals surface area (Å²) < 4.78 is 10.3. The van der Waals surface area contributed by atoms with Gasteiger partial charge >= 0.3 is 5.97 Å².